The topological polar surface area (TPSA) is 111 Å². The molecule has 4 aromatic rings. The largest absolute Gasteiger partial charge is 0.494 e. The summed E-state index contributed by atoms with van der Waals surface area (Å²) in [7, 11) is 3.04. The monoisotopic (exact) mass is 488 g/mol. The van der Waals surface area contributed by atoms with E-state index < -0.39 is 0 Å². The Bertz CT molecular complexity index is 1410. The highest BCUT2D eigenvalue weighted by Gasteiger charge is 2.19. The molecule has 0 saturated carbocycles. The number of hydrogen-bond acceptors (Lipinski definition) is 7. The van der Waals surface area contributed by atoms with Gasteiger partial charge in [0.1, 0.15) is 23.7 Å². The van der Waals surface area contributed by atoms with Gasteiger partial charge in [-0.15, -0.1) is 0 Å². The van der Waals surface area contributed by atoms with E-state index in [1.165, 1.54) is 7.11 Å². The van der Waals surface area contributed by atoms with Gasteiger partial charge in [0.05, 0.1) is 20.8 Å². The number of ketones is 2. The van der Waals surface area contributed by atoms with Crippen LogP contribution in [0.2, 0.25) is 0 Å². The number of aliphatic hydroxyl groups is 1. The number of ether oxygens (including phenoxy) is 3. The average molecular weight is 489 g/mol. The Hall–Kier alpha value is -4.17. The first kappa shape index (κ1) is 24.9. The zero-order chi connectivity index (χ0) is 25.7. The molecule has 0 fully saturated rings. The molecule has 0 saturated heterocycles. The average Bonchev–Trinajstić information content (AvgIpc) is 3.35. The summed E-state index contributed by atoms with van der Waals surface area (Å²) in [6.45, 7) is 2.01. The van der Waals surface area contributed by atoms with Crippen molar-refractivity contribution in [3.8, 4) is 28.5 Å². The van der Waals surface area contributed by atoms with Crippen LogP contribution in [0.1, 0.15) is 39.3 Å². The first-order chi connectivity index (χ1) is 17.5. The third kappa shape index (κ3) is 5.08. The molecule has 0 amide bonds. The van der Waals surface area contributed by atoms with E-state index in [9.17, 15) is 9.59 Å². The highest BCUT2D eigenvalue weighted by Crippen LogP contribution is 2.35. The molecular weight excluding hydrogens is 460 g/mol. The number of H-pyrrole nitrogens is 1. The van der Waals surface area contributed by atoms with Gasteiger partial charge < -0.3 is 24.3 Å². The number of aromatic amines is 1. The SMILES string of the molecule is COc1cc(C(=O)CCC(=O)c2ccc(OC)c(-c3c[nH]c4c(C)cccc34)n2)ccc1OCCO. The predicted octanol–water partition coefficient (Wildman–Crippen LogP) is 4.77. The Morgan fingerprint density at radius 2 is 1.69 bits per heavy atom. The minimum atomic E-state index is -0.238. The second-order valence-electron chi connectivity index (χ2n) is 8.23. The molecule has 8 heteroatoms. The van der Waals surface area contributed by atoms with E-state index in [0.717, 1.165) is 22.0 Å². The lowest BCUT2D eigenvalue weighted by Crippen LogP contribution is -2.08. The van der Waals surface area contributed by atoms with Gasteiger partial charge in [-0.1, -0.05) is 18.2 Å². The number of nitrogens with zero attached hydrogens (tertiary/aromatic N) is 1. The number of carbonyl (C=O) groups is 2. The van der Waals surface area contributed by atoms with Crippen molar-refractivity contribution in [3.05, 3.63) is 71.5 Å². The number of pyridine rings is 1. The summed E-state index contributed by atoms with van der Waals surface area (Å²) in [4.78, 5) is 33.7. The van der Waals surface area contributed by atoms with E-state index in [0.29, 0.717) is 28.5 Å². The third-order valence-corrected chi connectivity index (χ3v) is 5.96. The second kappa shape index (κ2) is 11.0. The number of carbonyl (C=O) groups excluding carboxylic acids is 2. The molecule has 2 N–H and O–H groups in total. The number of nitrogens with one attached hydrogen (secondary N) is 1. The van der Waals surface area contributed by atoms with Crippen LogP contribution in [0.25, 0.3) is 22.2 Å². The van der Waals surface area contributed by atoms with Crippen molar-refractivity contribution in [2.75, 3.05) is 27.4 Å². The molecule has 0 unspecified atom stereocenters. The van der Waals surface area contributed by atoms with E-state index in [2.05, 4.69) is 9.97 Å². The van der Waals surface area contributed by atoms with Gasteiger partial charge in [-0.3, -0.25) is 9.59 Å². The summed E-state index contributed by atoms with van der Waals surface area (Å²) >= 11 is 0. The maximum atomic E-state index is 13.0. The maximum absolute atomic E-state index is 13.0. The van der Waals surface area contributed by atoms with E-state index in [-0.39, 0.29) is 43.3 Å². The zero-order valence-electron chi connectivity index (χ0n) is 20.5. The Labute approximate surface area is 208 Å². The van der Waals surface area contributed by atoms with Gasteiger partial charge in [-0.25, -0.2) is 4.98 Å². The lowest BCUT2D eigenvalue weighted by Gasteiger charge is -2.11. The third-order valence-electron chi connectivity index (χ3n) is 5.96. The predicted molar refractivity (Wildman–Crippen MR) is 136 cm³/mol. The number of methoxy groups -OCH3 is 2. The molecule has 2 heterocycles. The van der Waals surface area contributed by atoms with Crippen LogP contribution in [-0.2, 0) is 0 Å². The summed E-state index contributed by atoms with van der Waals surface area (Å²) in [6.07, 6.45) is 1.89. The van der Waals surface area contributed by atoms with E-state index in [1.54, 1.807) is 37.4 Å². The van der Waals surface area contributed by atoms with Crippen LogP contribution in [0, 0.1) is 6.92 Å². The highest BCUT2D eigenvalue weighted by molar-refractivity contribution is 6.03. The molecule has 8 nitrogen and oxygen atoms in total. The van der Waals surface area contributed by atoms with E-state index >= 15 is 0 Å². The van der Waals surface area contributed by atoms with Crippen molar-refractivity contribution in [1.82, 2.24) is 9.97 Å². The Morgan fingerprint density at radius 3 is 2.44 bits per heavy atom. The van der Waals surface area contributed by atoms with Gasteiger partial charge >= 0.3 is 0 Å². The molecule has 2 aromatic heterocycles. The van der Waals surface area contributed by atoms with Crippen LogP contribution in [-0.4, -0.2) is 54.1 Å². The molecule has 186 valence electrons. The smallest absolute Gasteiger partial charge is 0.181 e. The molecular formula is C28H28N2O6. The number of hydrogen-bond donors (Lipinski definition) is 2. The number of rotatable bonds is 11. The van der Waals surface area contributed by atoms with Crippen LogP contribution in [0.5, 0.6) is 17.2 Å². The van der Waals surface area contributed by atoms with E-state index in [4.69, 9.17) is 19.3 Å². The van der Waals surface area contributed by atoms with Crippen molar-refractivity contribution in [2.24, 2.45) is 0 Å². The Morgan fingerprint density at radius 1 is 0.944 bits per heavy atom. The van der Waals surface area contributed by atoms with Crippen molar-refractivity contribution in [1.29, 1.82) is 0 Å². The minimum Gasteiger partial charge on any atom is -0.494 e. The Kier molecular flexibility index (Phi) is 7.65. The normalized spacial score (nSPS) is 10.9. The summed E-state index contributed by atoms with van der Waals surface area (Å²) < 4.78 is 16.2. The number of benzene rings is 2. The minimum absolute atomic E-state index is 0.00960. The molecule has 0 bridgehead atoms. The number of aliphatic hydroxyl groups excluding tert-OH is 1. The van der Waals surface area contributed by atoms with Crippen molar-refractivity contribution in [3.63, 3.8) is 0 Å². The molecule has 2 aromatic carbocycles. The van der Waals surface area contributed by atoms with Crippen molar-refractivity contribution in [2.45, 2.75) is 19.8 Å². The molecule has 36 heavy (non-hydrogen) atoms. The molecule has 0 aliphatic rings. The van der Waals surface area contributed by atoms with Crippen molar-refractivity contribution < 1.29 is 28.9 Å². The van der Waals surface area contributed by atoms with Crippen molar-refractivity contribution >= 4 is 22.5 Å². The van der Waals surface area contributed by atoms with Crippen LogP contribution < -0.4 is 14.2 Å². The highest BCUT2D eigenvalue weighted by atomic mass is 16.5. The lowest BCUT2D eigenvalue weighted by atomic mass is 10.0. The van der Waals surface area contributed by atoms with Gasteiger partial charge in [-0.05, 0) is 42.8 Å². The summed E-state index contributed by atoms with van der Waals surface area (Å²) in [6, 6.07) is 14.1. The Balaban J connectivity index is 1.52. The molecule has 0 radical (unpaired) electrons. The van der Waals surface area contributed by atoms with Crippen LogP contribution in [0.4, 0.5) is 0 Å². The molecule has 0 aliphatic heterocycles. The fourth-order valence-electron chi connectivity index (χ4n) is 4.08. The number of aromatic nitrogens is 2. The van der Waals surface area contributed by atoms with Gasteiger partial charge in [0.25, 0.3) is 0 Å². The molecule has 4 rings (SSSR count). The van der Waals surface area contributed by atoms with Gasteiger partial charge in [0, 0.05) is 41.1 Å². The first-order valence-electron chi connectivity index (χ1n) is 11.6. The van der Waals surface area contributed by atoms with Gasteiger partial charge in [0.2, 0.25) is 0 Å². The van der Waals surface area contributed by atoms with Crippen LogP contribution in [0.3, 0.4) is 0 Å². The fourth-order valence-corrected chi connectivity index (χ4v) is 4.08. The second-order valence-corrected chi connectivity index (χ2v) is 8.23. The zero-order valence-corrected chi connectivity index (χ0v) is 20.5. The molecule has 0 aliphatic carbocycles. The van der Waals surface area contributed by atoms with Gasteiger partial charge in [-0.2, -0.15) is 0 Å². The standard InChI is InChI=1S/C28H28N2O6/c1-17-5-4-6-19-20(16-29-27(17)19)28-25(34-2)12-8-21(30-28)23(33)10-9-22(32)18-7-11-24(36-14-13-31)26(15-18)35-3/h4-8,11-12,15-16,29,31H,9-10,13-14H2,1-3H3. The number of para-hydroxylation sites is 1. The fraction of sp³-hybridized carbons (Fsp3) is 0.250. The number of Topliss-reactive ketones (excluding diaryl/α,β-unsaturated/α-hetero) is 2. The van der Waals surface area contributed by atoms with Crippen LogP contribution >= 0.6 is 0 Å². The number of aryl methyl sites for hydroxylation is 1. The summed E-state index contributed by atoms with van der Waals surface area (Å²) in [5, 5.41) is 9.93. The van der Waals surface area contributed by atoms with Crippen LogP contribution in [0.15, 0.2) is 54.7 Å². The lowest BCUT2D eigenvalue weighted by molar-refractivity contribution is 0.0914. The molecule has 0 atom stereocenters. The van der Waals surface area contributed by atoms with Gasteiger partial charge in [0.15, 0.2) is 23.1 Å². The summed E-state index contributed by atoms with van der Waals surface area (Å²) in [5.41, 5.74) is 4.19. The quantitative estimate of drug-likeness (QED) is 0.293. The molecule has 0 spiro atoms. The first-order valence-corrected chi connectivity index (χ1v) is 11.6. The number of fused-ring (bicyclic) bond motifs is 1. The summed E-state index contributed by atoms with van der Waals surface area (Å²) in [5.74, 6) is 0.938. The van der Waals surface area contributed by atoms with E-state index in [1.807, 2.05) is 31.3 Å². The maximum Gasteiger partial charge on any atom is 0.181 e.